The number of methoxy groups -OCH3 is 2. The number of sulfonamides is 1. The topological polar surface area (TPSA) is 105 Å². The molecule has 0 saturated heterocycles. The minimum atomic E-state index is -4.22. The molecule has 1 N–H and O–H groups in total. The van der Waals surface area contributed by atoms with E-state index in [2.05, 4.69) is 21.2 Å². The normalized spacial score (nSPS) is 12.6. The Morgan fingerprint density at radius 2 is 1.67 bits per heavy atom. The van der Waals surface area contributed by atoms with E-state index in [9.17, 15) is 18.0 Å². The van der Waals surface area contributed by atoms with Crippen molar-refractivity contribution in [1.82, 2.24) is 10.2 Å². The minimum absolute atomic E-state index is 0.0227. The lowest BCUT2D eigenvalue weighted by Gasteiger charge is -2.32. The summed E-state index contributed by atoms with van der Waals surface area (Å²) in [6.45, 7) is 6.91. The average Bonchev–Trinajstić information content (AvgIpc) is 2.98. The highest BCUT2D eigenvalue weighted by Crippen LogP contribution is 2.31. The molecule has 0 aliphatic rings. The predicted molar refractivity (Wildman–Crippen MR) is 167 cm³/mol. The minimum Gasteiger partial charge on any atom is -0.497 e. The van der Waals surface area contributed by atoms with Gasteiger partial charge in [-0.15, -0.1) is 0 Å². The van der Waals surface area contributed by atoms with Crippen molar-refractivity contribution in [2.75, 3.05) is 25.1 Å². The molecule has 2 atom stereocenters. The van der Waals surface area contributed by atoms with Crippen LogP contribution in [0.4, 0.5) is 5.69 Å². The lowest BCUT2D eigenvalue weighted by atomic mass is 10.1. The molecule has 0 radical (unpaired) electrons. The summed E-state index contributed by atoms with van der Waals surface area (Å²) >= 11 is 3.36. The van der Waals surface area contributed by atoms with Gasteiger partial charge in [-0.3, -0.25) is 13.9 Å². The number of hydrogen-bond acceptors (Lipinski definition) is 6. The van der Waals surface area contributed by atoms with E-state index in [0.29, 0.717) is 21.7 Å². The monoisotopic (exact) mass is 659 g/mol. The standard InChI is InChI=1S/C31H38BrN3O6S/c1-7-22(3)33-31(37)23(4)34(19-24-9-8-10-26(17-24)40-5)30(36)20-35(25-13-11-21(2)12-14-25)42(38,39)27-15-16-29(41-6)28(32)18-27/h8-18,22-23H,7,19-20H2,1-6H3,(H,33,37)/t22-,23+/m1/s1. The number of rotatable bonds is 13. The van der Waals surface area contributed by atoms with E-state index >= 15 is 0 Å². The van der Waals surface area contributed by atoms with Gasteiger partial charge in [0.05, 0.1) is 29.3 Å². The molecule has 0 aliphatic carbocycles. The Labute approximate surface area is 257 Å². The summed E-state index contributed by atoms with van der Waals surface area (Å²) in [5.41, 5.74) is 1.98. The van der Waals surface area contributed by atoms with Crippen LogP contribution in [0.25, 0.3) is 0 Å². The number of nitrogens with zero attached hydrogens (tertiary/aromatic N) is 2. The van der Waals surface area contributed by atoms with E-state index < -0.39 is 28.5 Å². The molecule has 3 rings (SSSR count). The van der Waals surface area contributed by atoms with Crippen molar-refractivity contribution in [3.63, 3.8) is 0 Å². The number of anilines is 1. The molecule has 0 heterocycles. The second kappa shape index (κ2) is 14.6. The van der Waals surface area contributed by atoms with Gasteiger partial charge in [0.2, 0.25) is 11.8 Å². The Hall–Kier alpha value is -3.57. The van der Waals surface area contributed by atoms with Crippen molar-refractivity contribution < 1.29 is 27.5 Å². The summed E-state index contributed by atoms with van der Waals surface area (Å²) in [7, 11) is -1.18. The van der Waals surface area contributed by atoms with E-state index in [1.54, 1.807) is 62.6 Å². The lowest BCUT2D eigenvalue weighted by Crippen LogP contribution is -2.52. The van der Waals surface area contributed by atoms with Crippen LogP contribution in [0.5, 0.6) is 11.5 Å². The first-order chi connectivity index (χ1) is 19.9. The smallest absolute Gasteiger partial charge is 0.264 e. The number of hydrogen-bond donors (Lipinski definition) is 1. The molecule has 2 amide bonds. The fraction of sp³-hybridized carbons (Fsp3) is 0.355. The predicted octanol–water partition coefficient (Wildman–Crippen LogP) is 5.30. The number of carbonyl (C=O) groups excluding carboxylic acids is 2. The Kier molecular flexibility index (Phi) is 11.4. The van der Waals surface area contributed by atoms with E-state index in [-0.39, 0.29) is 23.4 Å². The molecule has 11 heteroatoms. The van der Waals surface area contributed by atoms with Gasteiger partial charge in [0.15, 0.2) is 0 Å². The summed E-state index contributed by atoms with van der Waals surface area (Å²) in [6, 6.07) is 17.5. The van der Waals surface area contributed by atoms with Crippen LogP contribution in [0.2, 0.25) is 0 Å². The maximum atomic E-state index is 14.1. The molecule has 0 saturated carbocycles. The number of aryl methyl sites for hydroxylation is 1. The molecule has 3 aromatic carbocycles. The van der Waals surface area contributed by atoms with Crippen molar-refractivity contribution in [1.29, 1.82) is 0 Å². The highest BCUT2D eigenvalue weighted by Gasteiger charge is 2.33. The lowest BCUT2D eigenvalue weighted by molar-refractivity contribution is -0.139. The van der Waals surface area contributed by atoms with Gasteiger partial charge in [-0.1, -0.05) is 36.8 Å². The van der Waals surface area contributed by atoms with Gasteiger partial charge >= 0.3 is 0 Å². The van der Waals surface area contributed by atoms with Gasteiger partial charge in [0.1, 0.15) is 24.1 Å². The summed E-state index contributed by atoms with van der Waals surface area (Å²) in [4.78, 5) is 28.7. The van der Waals surface area contributed by atoms with Gasteiger partial charge in [0, 0.05) is 12.6 Å². The third-order valence-electron chi connectivity index (χ3n) is 6.97. The third-order valence-corrected chi connectivity index (χ3v) is 9.36. The molecule has 0 spiro atoms. The number of ether oxygens (including phenoxy) is 2. The van der Waals surface area contributed by atoms with E-state index in [1.807, 2.05) is 26.8 Å². The molecule has 0 unspecified atom stereocenters. The number of carbonyl (C=O) groups is 2. The van der Waals surface area contributed by atoms with Crippen LogP contribution in [-0.2, 0) is 26.2 Å². The number of halogens is 1. The first-order valence-electron chi connectivity index (χ1n) is 13.6. The zero-order valence-electron chi connectivity index (χ0n) is 24.8. The van der Waals surface area contributed by atoms with E-state index in [0.717, 1.165) is 21.9 Å². The molecular weight excluding hydrogens is 622 g/mol. The Bertz CT molecular complexity index is 1500. The molecule has 0 aromatic heterocycles. The van der Waals surface area contributed by atoms with Crippen molar-refractivity contribution in [3.8, 4) is 11.5 Å². The van der Waals surface area contributed by atoms with Crippen LogP contribution < -0.4 is 19.1 Å². The van der Waals surface area contributed by atoms with E-state index in [4.69, 9.17) is 9.47 Å². The summed E-state index contributed by atoms with van der Waals surface area (Å²) in [6.07, 6.45) is 0.721. The van der Waals surface area contributed by atoms with Gasteiger partial charge in [-0.25, -0.2) is 8.42 Å². The first-order valence-corrected chi connectivity index (χ1v) is 15.8. The van der Waals surface area contributed by atoms with Crippen molar-refractivity contribution in [2.24, 2.45) is 0 Å². The molecule has 0 aliphatic heterocycles. The third kappa shape index (κ3) is 8.04. The maximum absolute atomic E-state index is 14.1. The highest BCUT2D eigenvalue weighted by molar-refractivity contribution is 9.10. The molecule has 0 bridgehead atoms. The quantitative estimate of drug-likeness (QED) is 0.267. The average molecular weight is 661 g/mol. The van der Waals surface area contributed by atoms with Crippen molar-refractivity contribution >= 4 is 43.5 Å². The Morgan fingerprint density at radius 3 is 2.26 bits per heavy atom. The largest absolute Gasteiger partial charge is 0.497 e. The number of nitrogens with one attached hydrogen (secondary N) is 1. The van der Waals surface area contributed by atoms with E-state index in [1.165, 1.54) is 24.1 Å². The molecule has 0 fully saturated rings. The SMILES string of the molecule is CC[C@@H](C)NC(=O)[C@H](C)N(Cc1cccc(OC)c1)C(=O)CN(c1ccc(C)cc1)S(=O)(=O)c1ccc(OC)c(Br)c1. The second-order valence-electron chi connectivity index (χ2n) is 10.0. The number of amides is 2. The van der Waals surface area contributed by atoms with Crippen LogP contribution in [0.1, 0.15) is 38.3 Å². The number of benzene rings is 3. The molecular formula is C31H38BrN3O6S. The maximum Gasteiger partial charge on any atom is 0.264 e. The fourth-order valence-corrected chi connectivity index (χ4v) is 6.32. The molecule has 3 aromatic rings. The van der Waals surface area contributed by atoms with Gasteiger partial charge in [-0.05, 0) is 91.1 Å². The zero-order valence-corrected chi connectivity index (χ0v) is 27.2. The van der Waals surface area contributed by atoms with Crippen molar-refractivity contribution in [2.45, 2.75) is 57.6 Å². The fourth-order valence-electron chi connectivity index (χ4n) is 4.19. The summed E-state index contributed by atoms with van der Waals surface area (Å²) in [5, 5.41) is 2.93. The van der Waals surface area contributed by atoms with Crippen LogP contribution in [0, 0.1) is 6.92 Å². The van der Waals surface area contributed by atoms with Gasteiger partial charge in [-0.2, -0.15) is 0 Å². The molecule has 42 heavy (non-hydrogen) atoms. The molecule has 9 nitrogen and oxygen atoms in total. The second-order valence-corrected chi connectivity index (χ2v) is 12.7. The Balaban J connectivity index is 2.05. The van der Waals surface area contributed by atoms with Crippen LogP contribution >= 0.6 is 15.9 Å². The highest BCUT2D eigenvalue weighted by atomic mass is 79.9. The summed E-state index contributed by atoms with van der Waals surface area (Å²) < 4.78 is 40.2. The van der Waals surface area contributed by atoms with Gasteiger partial charge in [0.25, 0.3) is 10.0 Å². The molecule has 226 valence electrons. The van der Waals surface area contributed by atoms with Gasteiger partial charge < -0.3 is 19.7 Å². The van der Waals surface area contributed by atoms with Crippen molar-refractivity contribution in [3.05, 3.63) is 82.3 Å². The first kappa shape index (κ1) is 32.9. The van der Waals surface area contributed by atoms with Crippen LogP contribution in [0.15, 0.2) is 76.1 Å². The summed E-state index contributed by atoms with van der Waals surface area (Å²) in [5.74, 6) is 0.203. The van der Waals surface area contributed by atoms with Crippen LogP contribution in [0.3, 0.4) is 0 Å². The Morgan fingerprint density at radius 1 is 0.976 bits per heavy atom. The van der Waals surface area contributed by atoms with Crippen LogP contribution in [-0.4, -0.2) is 58.0 Å². The zero-order chi connectivity index (χ0) is 31.0.